The lowest BCUT2D eigenvalue weighted by Gasteiger charge is -2.44. The number of rotatable bonds is 3. The lowest BCUT2D eigenvalue weighted by molar-refractivity contribution is -0.182. The fourth-order valence-electron chi connectivity index (χ4n) is 3.83. The van der Waals surface area contributed by atoms with Crippen LogP contribution >= 0.6 is 11.6 Å². The van der Waals surface area contributed by atoms with Crippen molar-refractivity contribution < 1.29 is 29.0 Å². The van der Waals surface area contributed by atoms with Gasteiger partial charge in [-0.1, -0.05) is 23.7 Å². The molecule has 1 saturated carbocycles. The van der Waals surface area contributed by atoms with Crippen molar-refractivity contribution in [2.75, 3.05) is 0 Å². The maximum absolute atomic E-state index is 13.2. The highest BCUT2D eigenvalue weighted by Gasteiger charge is 2.57. The fourth-order valence-corrected chi connectivity index (χ4v) is 3.96. The monoisotopic (exact) mass is 438 g/mol. The topological polar surface area (TPSA) is 89.9 Å². The molecule has 0 heterocycles. The molecule has 4 atom stereocenters. The van der Waals surface area contributed by atoms with Gasteiger partial charge in [0, 0.05) is 17.4 Å². The van der Waals surface area contributed by atoms with Crippen LogP contribution in [0.5, 0.6) is 0 Å². The third-order valence-corrected chi connectivity index (χ3v) is 5.10. The van der Waals surface area contributed by atoms with Gasteiger partial charge in [-0.05, 0) is 66.2 Å². The number of benzene rings is 1. The Hall–Kier alpha value is -1.92. The van der Waals surface area contributed by atoms with Gasteiger partial charge in [0.2, 0.25) is 0 Å². The van der Waals surface area contributed by atoms with Crippen molar-refractivity contribution in [1.82, 2.24) is 0 Å². The predicted octanol–water partition coefficient (Wildman–Crippen LogP) is 4.06. The van der Waals surface area contributed by atoms with Gasteiger partial charge in [0.05, 0.1) is 11.5 Å². The molecule has 0 aliphatic heterocycles. The van der Waals surface area contributed by atoms with Gasteiger partial charge in [-0.2, -0.15) is 0 Å². The first-order valence-electron chi connectivity index (χ1n) is 9.98. The minimum atomic E-state index is -1.69. The molecular weight excluding hydrogens is 408 g/mol. The number of esters is 2. The van der Waals surface area contributed by atoms with Crippen LogP contribution in [0.1, 0.15) is 66.4 Å². The summed E-state index contributed by atoms with van der Waals surface area (Å²) in [5.41, 5.74) is -2.79. The summed E-state index contributed by atoms with van der Waals surface area (Å²) < 4.78 is 11.1. The molecule has 0 amide bonds. The highest BCUT2D eigenvalue weighted by molar-refractivity contribution is 6.30. The van der Waals surface area contributed by atoms with Crippen LogP contribution in [0, 0.1) is 11.8 Å². The molecule has 0 bridgehead atoms. The summed E-state index contributed by atoms with van der Waals surface area (Å²) in [5, 5.41) is 11.6. The van der Waals surface area contributed by atoms with Crippen molar-refractivity contribution in [2.45, 2.75) is 77.6 Å². The second-order valence-corrected chi connectivity index (χ2v) is 10.5. The molecule has 0 unspecified atom stereocenters. The molecule has 0 radical (unpaired) electrons. The Morgan fingerprint density at radius 1 is 1.00 bits per heavy atom. The Bertz CT molecular complexity index is 814. The zero-order valence-electron chi connectivity index (χ0n) is 18.6. The average molecular weight is 439 g/mol. The third kappa shape index (κ3) is 5.82. The zero-order valence-corrected chi connectivity index (χ0v) is 19.4. The lowest BCUT2D eigenvalue weighted by Crippen LogP contribution is -2.56. The summed E-state index contributed by atoms with van der Waals surface area (Å²) in [6.45, 7) is 11.7. The summed E-state index contributed by atoms with van der Waals surface area (Å²) in [4.78, 5) is 39.2. The number of halogens is 1. The smallest absolute Gasteiger partial charge is 0.317 e. The fraction of sp³-hybridized carbons (Fsp3) is 0.609. The van der Waals surface area contributed by atoms with Gasteiger partial charge < -0.3 is 14.6 Å². The molecule has 7 heteroatoms. The first kappa shape index (κ1) is 24.4. The van der Waals surface area contributed by atoms with E-state index in [9.17, 15) is 19.5 Å². The Morgan fingerprint density at radius 2 is 1.47 bits per heavy atom. The van der Waals surface area contributed by atoms with Gasteiger partial charge in [-0.3, -0.25) is 14.4 Å². The number of carbonyl (C=O) groups is 3. The molecule has 0 aromatic heterocycles. The van der Waals surface area contributed by atoms with Crippen molar-refractivity contribution in [3.8, 4) is 0 Å². The molecule has 1 N–H and O–H groups in total. The van der Waals surface area contributed by atoms with Crippen molar-refractivity contribution >= 4 is 29.3 Å². The normalized spacial score (nSPS) is 27.5. The molecule has 2 rings (SSSR count). The van der Waals surface area contributed by atoms with Crippen LogP contribution in [0.3, 0.4) is 0 Å². The molecule has 1 aromatic rings. The van der Waals surface area contributed by atoms with Crippen LogP contribution in [-0.4, -0.2) is 39.6 Å². The lowest BCUT2D eigenvalue weighted by atomic mass is 9.61. The van der Waals surface area contributed by atoms with E-state index in [1.165, 1.54) is 6.92 Å². The predicted molar refractivity (Wildman–Crippen MR) is 113 cm³/mol. The molecule has 1 aliphatic rings. The Balaban J connectivity index is 2.62. The van der Waals surface area contributed by atoms with Gasteiger partial charge >= 0.3 is 11.9 Å². The summed E-state index contributed by atoms with van der Waals surface area (Å²) in [6, 6.07) is 6.53. The van der Waals surface area contributed by atoms with E-state index in [4.69, 9.17) is 21.1 Å². The third-order valence-electron chi connectivity index (χ3n) is 4.84. The number of hydrogen-bond donors (Lipinski definition) is 1. The second-order valence-electron chi connectivity index (χ2n) is 10.1. The SMILES string of the molecule is CC(C)(C)OC(=O)[C@@H]1C(=O)C[C@@](C)(O)[C@H](C(=O)OC(C)(C)C)[C@H]1c1ccc(Cl)cc1. The van der Waals surface area contributed by atoms with E-state index in [0.29, 0.717) is 10.6 Å². The number of hydrogen-bond acceptors (Lipinski definition) is 6. The van der Waals surface area contributed by atoms with Crippen LogP contribution in [-0.2, 0) is 23.9 Å². The molecule has 1 fully saturated rings. The van der Waals surface area contributed by atoms with Crippen LogP contribution in [0.4, 0.5) is 0 Å². The van der Waals surface area contributed by atoms with E-state index < -0.39 is 52.3 Å². The van der Waals surface area contributed by atoms with Gasteiger partial charge in [-0.15, -0.1) is 0 Å². The number of Topliss-reactive ketones (excluding diaryl/α,β-unsaturated/α-hetero) is 1. The van der Waals surface area contributed by atoms with E-state index in [1.54, 1.807) is 65.8 Å². The number of ether oxygens (including phenoxy) is 2. The molecule has 6 nitrogen and oxygen atoms in total. The summed E-state index contributed by atoms with van der Waals surface area (Å²) in [6.07, 6.45) is -0.356. The standard InChI is InChI=1S/C23H31ClO6/c1-21(2,3)29-19(26)17-15(25)12-23(7,28)18(20(27)30-22(4,5)6)16(17)13-8-10-14(24)11-9-13/h8-11,16-18,28H,12H2,1-7H3/t16-,17+,18-,23+/m0/s1. The minimum absolute atomic E-state index is 0.356. The maximum Gasteiger partial charge on any atom is 0.317 e. The maximum atomic E-state index is 13.2. The van der Waals surface area contributed by atoms with Gasteiger partial charge in [-0.25, -0.2) is 0 Å². The van der Waals surface area contributed by atoms with Crippen LogP contribution < -0.4 is 0 Å². The minimum Gasteiger partial charge on any atom is -0.460 e. The number of ketones is 1. The Morgan fingerprint density at radius 3 is 1.93 bits per heavy atom. The van der Waals surface area contributed by atoms with E-state index in [1.807, 2.05) is 0 Å². The van der Waals surface area contributed by atoms with Crippen LogP contribution in [0.2, 0.25) is 5.02 Å². The summed E-state index contributed by atoms with van der Waals surface area (Å²) in [5.74, 6) is -5.22. The van der Waals surface area contributed by atoms with Crippen LogP contribution in [0.15, 0.2) is 24.3 Å². The quantitative estimate of drug-likeness (QED) is 0.565. The van der Waals surface area contributed by atoms with Gasteiger partial charge in [0.25, 0.3) is 0 Å². The number of carbonyl (C=O) groups excluding carboxylic acids is 3. The second kappa shape index (κ2) is 8.31. The Labute approximate surface area is 182 Å². The highest BCUT2D eigenvalue weighted by atomic mass is 35.5. The molecule has 0 spiro atoms. The van der Waals surface area contributed by atoms with Crippen molar-refractivity contribution in [2.24, 2.45) is 11.8 Å². The van der Waals surface area contributed by atoms with E-state index in [-0.39, 0.29) is 6.42 Å². The molecule has 166 valence electrons. The first-order chi connectivity index (χ1) is 13.5. The number of aliphatic hydroxyl groups is 1. The van der Waals surface area contributed by atoms with Gasteiger partial charge in [0.1, 0.15) is 17.1 Å². The van der Waals surface area contributed by atoms with Crippen molar-refractivity contribution in [1.29, 1.82) is 0 Å². The zero-order chi connectivity index (χ0) is 23.1. The van der Waals surface area contributed by atoms with E-state index >= 15 is 0 Å². The molecule has 1 aromatic carbocycles. The average Bonchev–Trinajstić information content (AvgIpc) is 2.50. The van der Waals surface area contributed by atoms with E-state index in [0.717, 1.165) is 0 Å². The molecule has 0 saturated heterocycles. The molecule has 1 aliphatic carbocycles. The first-order valence-corrected chi connectivity index (χ1v) is 10.4. The summed E-state index contributed by atoms with van der Waals surface area (Å²) in [7, 11) is 0. The molecular formula is C23H31ClO6. The van der Waals surface area contributed by atoms with E-state index in [2.05, 4.69) is 0 Å². The summed E-state index contributed by atoms with van der Waals surface area (Å²) >= 11 is 6.01. The van der Waals surface area contributed by atoms with Crippen LogP contribution in [0.25, 0.3) is 0 Å². The van der Waals surface area contributed by atoms with Crippen molar-refractivity contribution in [3.05, 3.63) is 34.9 Å². The van der Waals surface area contributed by atoms with Crippen molar-refractivity contribution in [3.63, 3.8) is 0 Å². The Kier molecular flexibility index (Phi) is 6.74. The van der Waals surface area contributed by atoms with Gasteiger partial charge in [0.15, 0.2) is 5.78 Å². The largest absolute Gasteiger partial charge is 0.460 e. The molecule has 30 heavy (non-hydrogen) atoms. The highest BCUT2D eigenvalue weighted by Crippen LogP contribution is 2.47.